The number of nitrogens with zero attached hydrogens (tertiary/aromatic N) is 2. The lowest BCUT2D eigenvalue weighted by Crippen LogP contribution is -2.23. The van der Waals surface area contributed by atoms with Crippen molar-refractivity contribution in [1.82, 2.24) is 0 Å². The van der Waals surface area contributed by atoms with Crippen molar-refractivity contribution in [2.45, 2.75) is 52.7 Å². The van der Waals surface area contributed by atoms with Gasteiger partial charge in [-0.3, -0.25) is 0 Å². The van der Waals surface area contributed by atoms with E-state index in [0.717, 1.165) is 11.1 Å². The predicted molar refractivity (Wildman–Crippen MR) is 77.2 cm³/mol. The molecular weight excluding hydrogens is 252 g/mol. The van der Waals surface area contributed by atoms with Crippen molar-refractivity contribution in [2.24, 2.45) is 0 Å². The van der Waals surface area contributed by atoms with Crippen LogP contribution in [0.5, 0.6) is 0 Å². The zero-order valence-electron chi connectivity index (χ0n) is 13.0. The van der Waals surface area contributed by atoms with E-state index < -0.39 is 11.2 Å². The fourth-order valence-electron chi connectivity index (χ4n) is 1.61. The number of hydrogen-bond acceptors (Lipinski definition) is 4. The molecule has 108 valence electrons. The third kappa shape index (κ3) is 4.48. The minimum atomic E-state index is -0.701. The molecule has 0 unspecified atom stereocenters. The van der Waals surface area contributed by atoms with E-state index in [2.05, 4.69) is 0 Å². The Balaban J connectivity index is 0.00000172. The second kappa shape index (κ2) is 7.40. The van der Waals surface area contributed by atoms with Gasteiger partial charge < -0.3 is 9.47 Å². The maximum atomic E-state index is 8.64. The van der Waals surface area contributed by atoms with E-state index in [1.165, 1.54) is 0 Å². The van der Waals surface area contributed by atoms with Crippen LogP contribution in [-0.2, 0) is 20.7 Å². The molecule has 0 atom stereocenters. The van der Waals surface area contributed by atoms with Crippen LogP contribution in [0, 0.1) is 23.0 Å². The third-order valence-electron chi connectivity index (χ3n) is 2.85. The van der Waals surface area contributed by atoms with Crippen molar-refractivity contribution in [2.75, 3.05) is 0 Å². The Morgan fingerprint density at radius 3 is 1.50 bits per heavy atom. The molecule has 20 heavy (non-hydrogen) atoms. The minimum absolute atomic E-state index is 0.701. The standard InChI is InChI=1S/C14H16N2O2.C2H6/c1-13(2,17-9-15)11-6-5-7-12(8-11)14(3,4)18-10-16;1-2/h5-8H,1-4H3;1-2H3. The molecule has 0 saturated carbocycles. The first kappa shape index (κ1) is 17.8. The molecule has 0 aliphatic heterocycles. The Labute approximate surface area is 121 Å². The van der Waals surface area contributed by atoms with E-state index in [1.54, 1.807) is 12.5 Å². The Bertz CT molecular complexity index is 465. The summed E-state index contributed by atoms with van der Waals surface area (Å²) < 4.78 is 10.1. The number of hydrogen-bond donors (Lipinski definition) is 0. The van der Waals surface area contributed by atoms with Crippen LogP contribution in [0.15, 0.2) is 24.3 Å². The number of ether oxygens (including phenoxy) is 2. The Morgan fingerprint density at radius 1 is 0.850 bits per heavy atom. The summed E-state index contributed by atoms with van der Waals surface area (Å²) in [6.45, 7) is 11.3. The molecule has 0 N–H and O–H groups in total. The molecule has 0 aromatic heterocycles. The highest BCUT2D eigenvalue weighted by Gasteiger charge is 2.27. The first-order valence-corrected chi connectivity index (χ1v) is 6.59. The van der Waals surface area contributed by atoms with Crippen LogP contribution < -0.4 is 0 Å². The van der Waals surface area contributed by atoms with Crippen LogP contribution in [-0.4, -0.2) is 0 Å². The molecule has 0 spiro atoms. The van der Waals surface area contributed by atoms with Gasteiger partial charge in [0.2, 0.25) is 0 Å². The molecule has 1 rings (SSSR count). The Hall–Kier alpha value is -2.20. The van der Waals surface area contributed by atoms with Gasteiger partial charge in [-0.05, 0) is 44.9 Å². The van der Waals surface area contributed by atoms with Crippen LogP contribution in [0.3, 0.4) is 0 Å². The minimum Gasteiger partial charge on any atom is -0.417 e. The fourth-order valence-corrected chi connectivity index (χ4v) is 1.61. The molecule has 0 aliphatic rings. The zero-order valence-corrected chi connectivity index (χ0v) is 13.0. The van der Waals surface area contributed by atoms with Crippen molar-refractivity contribution >= 4 is 0 Å². The summed E-state index contributed by atoms with van der Waals surface area (Å²) in [6.07, 6.45) is 3.41. The zero-order chi connectivity index (χ0) is 15.8. The fraction of sp³-hybridized carbons (Fsp3) is 0.500. The second-order valence-electron chi connectivity index (χ2n) is 4.99. The van der Waals surface area contributed by atoms with Gasteiger partial charge in [0.25, 0.3) is 12.5 Å². The monoisotopic (exact) mass is 274 g/mol. The smallest absolute Gasteiger partial charge is 0.287 e. The summed E-state index contributed by atoms with van der Waals surface area (Å²) in [6, 6.07) is 7.50. The predicted octanol–water partition coefficient (Wildman–Crippen LogP) is 4.18. The molecule has 1 aromatic rings. The van der Waals surface area contributed by atoms with Crippen molar-refractivity contribution in [3.63, 3.8) is 0 Å². The first-order chi connectivity index (χ1) is 9.33. The molecule has 4 heteroatoms. The van der Waals surface area contributed by atoms with Gasteiger partial charge in [-0.15, -0.1) is 0 Å². The van der Waals surface area contributed by atoms with Crippen molar-refractivity contribution in [3.8, 4) is 12.5 Å². The van der Waals surface area contributed by atoms with Crippen molar-refractivity contribution in [3.05, 3.63) is 35.4 Å². The maximum Gasteiger partial charge on any atom is 0.287 e. The molecular formula is C16H22N2O2. The third-order valence-corrected chi connectivity index (χ3v) is 2.85. The van der Waals surface area contributed by atoms with E-state index >= 15 is 0 Å². The van der Waals surface area contributed by atoms with Crippen molar-refractivity contribution in [1.29, 1.82) is 10.5 Å². The van der Waals surface area contributed by atoms with Gasteiger partial charge in [-0.1, -0.05) is 32.0 Å². The summed E-state index contributed by atoms with van der Waals surface area (Å²) in [7, 11) is 0. The lowest BCUT2D eigenvalue weighted by molar-refractivity contribution is 0.0637. The average Bonchev–Trinajstić information content (AvgIpc) is 2.41. The van der Waals surface area contributed by atoms with E-state index in [0.29, 0.717) is 0 Å². The van der Waals surface area contributed by atoms with E-state index in [4.69, 9.17) is 20.0 Å². The normalized spacial score (nSPS) is 10.4. The molecule has 4 nitrogen and oxygen atoms in total. The van der Waals surface area contributed by atoms with Crippen LogP contribution >= 0.6 is 0 Å². The van der Waals surface area contributed by atoms with Gasteiger partial charge >= 0.3 is 0 Å². The number of nitriles is 2. The average molecular weight is 274 g/mol. The van der Waals surface area contributed by atoms with Gasteiger partial charge in [-0.2, -0.15) is 10.5 Å². The highest BCUT2D eigenvalue weighted by Crippen LogP contribution is 2.30. The largest absolute Gasteiger partial charge is 0.417 e. The summed E-state index contributed by atoms with van der Waals surface area (Å²) >= 11 is 0. The summed E-state index contributed by atoms with van der Waals surface area (Å²) in [5.41, 5.74) is 0.313. The summed E-state index contributed by atoms with van der Waals surface area (Å²) in [4.78, 5) is 0. The lowest BCUT2D eigenvalue weighted by Gasteiger charge is -2.26. The first-order valence-electron chi connectivity index (χ1n) is 6.59. The summed E-state index contributed by atoms with van der Waals surface area (Å²) in [5.74, 6) is 0. The van der Waals surface area contributed by atoms with Gasteiger partial charge in [0.05, 0.1) is 0 Å². The Kier molecular flexibility index (Phi) is 6.59. The molecule has 1 aromatic carbocycles. The highest BCUT2D eigenvalue weighted by atomic mass is 16.5. The van der Waals surface area contributed by atoms with Gasteiger partial charge in [0, 0.05) is 0 Å². The number of benzene rings is 1. The summed E-state index contributed by atoms with van der Waals surface area (Å²) in [5, 5.41) is 17.3. The second-order valence-corrected chi connectivity index (χ2v) is 4.99. The quantitative estimate of drug-likeness (QED) is 0.772. The SMILES string of the molecule is CC.CC(C)(OC#N)c1cccc(C(C)(C)OC#N)c1. The van der Waals surface area contributed by atoms with Gasteiger partial charge in [-0.25, -0.2) is 0 Å². The van der Waals surface area contributed by atoms with E-state index in [9.17, 15) is 0 Å². The molecule has 0 bridgehead atoms. The molecule has 0 fully saturated rings. The van der Waals surface area contributed by atoms with Gasteiger partial charge in [0.1, 0.15) is 11.2 Å². The molecule has 0 amide bonds. The Morgan fingerprint density at radius 2 is 1.20 bits per heavy atom. The lowest BCUT2D eigenvalue weighted by atomic mass is 9.91. The number of rotatable bonds is 4. The van der Waals surface area contributed by atoms with E-state index in [-0.39, 0.29) is 0 Å². The topological polar surface area (TPSA) is 66.0 Å². The molecule has 0 heterocycles. The van der Waals surface area contributed by atoms with Crippen LogP contribution in [0.2, 0.25) is 0 Å². The maximum absolute atomic E-state index is 8.64. The van der Waals surface area contributed by atoms with Crippen molar-refractivity contribution < 1.29 is 9.47 Å². The molecule has 0 saturated heterocycles. The molecule has 0 aliphatic carbocycles. The van der Waals surface area contributed by atoms with Gasteiger partial charge in [0.15, 0.2) is 0 Å². The van der Waals surface area contributed by atoms with E-state index in [1.807, 2.05) is 65.8 Å². The molecule has 0 radical (unpaired) electrons. The van der Waals surface area contributed by atoms with Crippen LogP contribution in [0.1, 0.15) is 52.7 Å². The van der Waals surface area contributed by atoms with Crippen LogP contribution in [0.25, 0.3) is 0 Å². The highest BCUT2D eigenvalue weighted by molar-refractivity contribution is 5.31. The van der Waals surface area contributed by atoms with Crippen LogP contribution in [0.4, 0.5) is 0 Å².